The van der Waals surface area contributed by atoms with Gasteiger partial charge in [-0.3, -0.25) is 9.78 Å². The first kappa shape index (κ1) is 17.6. The first-order valence-corrected chi connectivity index (χ1v) is 8.44. The van der Waals surface area contributed by atoms with Gasteiger partial charge in [-0.15, -0.1) is 0 Å². The fraction of sp³-hybridized carbons (Fsp3) is 0.190. The maximum absolute atomic E-state index is 12.6. The number of hydrogen-bond donors (Lipinski definition) is 1. The number of carbonyl (C=O) groups is 2. The number of anilines is 1. The van der Waals surface area contributed by atoms with Gasteiger partial charge in [0.2, 0.25) is 0 Å². The number of nitrogens with zero attached hydrogens (tertiary/aromatic N) is 1. The summed E-state index contributed by atoms with van der Waals surface area (Å²) in [5.74, 6) is -0.604. The minimum Gasteiger partial charge on any atom is -0.462 e. The molecule has 0 bridgehead atoms. The maximum Gasteiger partial charge on any atom is 0.338 e. The minimum absolute atomic E-state index is 0.206. The lowest BCUT2D eigenvalue weighted by Gasteiger charge is -2.11. The van der Waals surface area contributed by atoms with Crippen molar-refractivity contribution in [2.24, 2.45) is 0 Å². The van der Waals surface area contributed by atoms with Crippen LogP contribution in [0.2, 0.25) is 0 Å². The van der Waals surface area contributed by atoms with E-state index in [2.05, 4.69) is 10.3 Å². The molecule has 2 aromatic carbocycles. The molecule has 1 aromatic heterocycles. The van der Waals surface area contributed by atoms with E-state index in [4.69, 9.17) is 4.74 Å². The van der Waals surface area contributed by atoms with E-state index in [-0.39, 0.29) is 5.91 Å². The highest BCUT2D eigenvalue weighted by Crippen LogP contribution is 2.25. The van der Waals surface area contributed by atoms with Crippen LogP contribution in [0.15, 0.2) is 48.5 Å². The molecule has 5 nitrogen and oxygen atoms in total. The summed E-state index contributed by atoms with van der Waals surface area (Å²) in [6, 6.07) is 14.3. The van der Waals surface area contributed by atoms with Crippen molar-refractivity contribution in [1.29, 1.82) is 0 Å². The number of esters is 1. The summed E-state index contributed by atoms with van der Waals surface area (Å²) in [4.78, 5) is 29.1. The number of ether oxygens (including phenoxy) is 1. The number of rotatable bonds is 4. The molecule has 1 heterocycles. The van der Waals surface area contributed by atoms with Crippen molar-refractivity contribution >= 4 is 28.5 Å². The number of nitrogens with one attached hydrogen (secondary N) is 1. The highest BCUT2D eigenvalue weighted by Gasteiger charge is 2.13. The molecule has 5 heteroatoms. The van der Waals surface area contributed by atoms with Crippen LogP contribution in [0.4, 0.5) is 5.69 Å². The number of amides is 1. The Bertz CT molecular complexity index is 996. The molecule has 132 valence electrons. The Kier molecular flexibility index (Phi) is 4.98. The van der Waals surface area contributed by atoms with E-state index in [0.29, 0.717) is 34.3 Å². The van der Waals surface area contributed by atoms with E-state index in [1.807, 2.05) is 32.0 Å². The predicted octanol–water partition coefficient (Wildman–Crippen LogP) is 4.28. The zero-order valence-electron chi connectivity index (χ0n) is 15.0. The van der Waals surface area contributed by atoms with Crippen LogP contribution >= 0.6 is 0 Å². The lowest BCUT2D eigenvalue weighted by molar-refractivity contribution is 0.0526. The Balaban J connectivity index is 2.02. The van der Waals surface area contributed by atoms with E-state index in [1.54, 1.807) is 37.3 Å². The zero-order chi connectivity index (χ0) is 18.7. The number of benzene rings is 2. The van der Waals surface area contributed by atoms with E-state index in [9.17, 15) is 9.59 Å². The molecule has 0 aliphatic carbocycles. The molecule has 0 aliphatic heterocycles. The van der Waals surface area contributed by atoms with Crippen LogP contribution in [0, 0.1) is 13.8 Å². The Morgan fingerprint density at radius 3 is 2.58 bits per heavy atom. The van der Waals surface area contributed by atoms with Crippen molar-refractivity contribution in [3.8, 4) is 0 Å². The molecule has 0 saturated heterocycles. The molecular weight excluding hydrogens is 328 g/mol. The first-order chi connectivity index (χ1) is 12.5. The second kappa shape index (κ2) is 7.35. The third kappa shape index (κ3) is 3.72. The molecular formula is C21H20N2O3. The van der Waals surface area contributed by atoms with Crippen molar-refractivity contribution in [3.63, 3.8) is 0 Å². The Hall–Kier alpha value is -3.21. The average molecular weight is 348 g/mol. The van der Waals surface area contributed by atoms with E-state index in [1.165, 1.54) is 0 Å². The van der Waals surface area contributed by atoms with Crippen LogP contribution in [-0.4, -0.2) is 23.5 Å². The SMILES string of the molecule is CCOC(=O)c1ccc2nc(C)cc(NC(=O)c3cccc(C)c3)c2c1. The normalized spacial score (nSPS) is 10.6. The van der Waals surface area contributed by atoms with Crippen LogP contribution in [0.25, 0.3) is 10.9 Å². The van der Waals surface area contributed by atoms with Gasteiger partial charge in [-0.25, -0.2) is 4.79 Å². The molecule has 0 aliphatic rings. The van der Waals surface area contributed by atoms with Crippen LogP contribution < -0.4 is 5.32 Å². The average Bonchev–Trinajstić information content (AvgIpc) is 2.61. The van der Waals surface area contributed by atoms with Crippen LogP contribution in [0.1, 0.15) is 38.9 Å². The topological polar surface area (TPSA) is 68.3 Å². The second-order valence-corrected chi connectivity index (χ2v) is 6.09. The molecule has 0 unspecified atom stereocenters. The predicted molar refractivity (Wildman–Crippen MR) is 102 cm³/mol. The van der Waals surface area contributed by atoms with Gasteiger partial charge in [-0.05, 0) is 57.2 Å². The van der Waals surface area contributed by atoms with Crippen molar-refractivity contribution in [2.45, 2.75) is 20.8 Å². The lowest BCUT2D eigenvalue weighted by Crippen LogP contribution is -2.13. The number of hydrogen-bond acceptors (Lipinski definition) is 4. The summed E-state index contributed by atoms with van der Waals surface area (Å²) < 4.78 is 5.06. The van der Waals surface area contributed by atoms with Crippen LogP contribution in [0.3, 0.4) is 0 Å². The van der Waals surface area contributed by atoms with E-state index < -0.39 is 5.97 Å². The molecule has 3 rings (SSSR count). The third-order valence-corrected chi connectivity index (χ3v) is 3.98. The van der Waals surface area contributed by atoms with Crippen LogP contribution in [-0.2, 0) is 4.74 Å². The fourth-order valence-electron chi connectivity index (χ4n) is 2.78. The van der Waals surface area contributed by atoms with Gasteiger partial charge in [0.25, 0.3) is 5.91 Å². The number of fused-ring (bicyclic) bond motifs is 1. The van der Waals surface area contributed by atoms with Gasteiger partial charge in [0, 0.05) is 16.6 Å². The fourth-order valence-corrected chi connectivity index (χ4v) is 2.78. The summed E-state index contributed by atoms with van der Waals surface area (Å²) >= 11 is 0. The summed E-state index contributed by atoms with van der Waals surface area (Å²) in [5.41, 5.74) is 4.12. The van der Waals surface area contributed by atoms with Gasteiger partial charge < -0.3 is 10.1 Å². The van der Waals surface area contributed by atoms with Gasteiger partial charge in [0.1, 0.15) is 0 Å². The Morgan fingerprint density at radius 1 is 1.04 bits per heavy atom. The molecule has 1 N–H and O–H groups in total. The summed E-state index contributed by atoms with van der Waals surface area (Å²) in [6.07, 6.45) is 0. The van der Waals surface area contributed by atoms with E-state index in [0.717, 1.165) is 11.3 Å². The van der Waals surface area contributed by atoms with Crippen LogP contribution in [0.5, 0.6) is 0 Å². The van der Waals surface area contributed by atoms with Gasteiger partial charge in [0.15, 0.2) is 0 Å². The smallest absolute Gasteiger partial charge is 0.338 e. The number of aryl methyl sites for hydroxylation is 2. The van der Waals surface area contributed by atoms with Gasteiger partial charge in [-0.1, -0.05) is 17.7 Å². The largest absolute Gasteiger partial charge is 0.462 e. The number of aromatic nitrogens is 1. The Labute approximate surface area is 152 Å². The van der Waals surface area contributed by atoms with Gasteiger partial charge in [0.05, 0.1) is 23.4 Å². The minimum atomic E-state index is -0.397. The lowest BCUT2D eigenvalue weighted by atomic mass is 10.1. The molecule has 0 spiro atoms. The van der Waals surface area contributed by atoms with Gasteiger partial charge in [-0.2, -0.15) is 0 Å². The zero-order valence-corrected chi connectivity index (χ0v) is 15.0. The van der Waals surface area contributed by atoms with E-state index >= 15 is 0 Å². The molecule has 0 saturated carbocycles. The van der Waals surface area contributed by atoms with Crippen molar-refractivity contribution < 1.29 is 14.3 Å². The second-order valence-electron chi connectivity index (χ2n) is 6.09. The third-order valence-electron chi connectivity index (χ3n) is 3.98. The quantitative estimate of drug-likeness (QED) is 0.715. The highest BCUT2D eigenvalue weighted by molar-refractivity contribution is 6.09. The number of carbonyl (C=O) groups excluding carboxylic acids is 2. The summed E-state index contributed by atoms with van der Waals surface area (Å²) in [7, 11) is 0. The van der Waals surface area contributed by atoms with Crippen molar-refractivity contribution in [1.82, 2.24) is 4.98 Å². The standard InChI is InChI=1S/C21H20N2O3/c1-4-26-21(25)16-8-9-18-17(12-16)19(11-14(3)22-18)23-20(24)15-7-5-6-13(2)10-15/h5-12H,4H2,1-3H3,(H,22,23,24). The monoisotopic (exact) mass is 348 g/mol. The maximum atomic E-state index is 12.6. The van der Waals surface area contributed by atoms with Crippen molar-refractivity contribution in [2.75, 3.05) is 11.9 Å². The molecule has 3 aromatic rings. The summed E-state index contributed by atoms with van der Waals surface area (Å²) in [6.45, 7) is 5.87. The highest BCUT2D eigenvalue weighted by atomic mass is 16.5. The first-order valence-electron chi connectivity index (χ1n) is 8.44. The number of pyridine rings is 1. The summed E-state index contributed by atoms with van der Waals surface area (Å²) in [5, 5.41) is 3.63. The molecule has 0 atom stereocenters. The molecule has 1 amide bonds. The molecule has 26 heavy (non-hydrogen) atoms. The van der Waals surface area contributed by atoms with Gasteiger partial charge >= 0.3 is 5.97 Å². The molecule has 0 fully saturated rings. The van der Waals surface area contributed by atoms with Crippen molar-refractivity contribution in [3.05, 3.63) is 70.9 Å². The molecule has 0 radical (unpaired) electrons. The Morgan fingerprint density at radius 2 is 1.85 bits per heavy atom.